The van der Waals surface area contributed by atoms with Gasteiger partial charge in [0.25, 0.3) is 0 Å². The fourth-order valence-electron chi connectivity index (χ4n) is 2.45. The van der Waals surface area contributed by atoms with Gasteiger partial charge in [-0.2, -0.15) is 0 Å². The van der Waals surface area contributed by atoms with Gasteiger partial charge in [-0.05, 0) is 37.8 Å². The summed E-state index contributed by atoms with van der Waals surface area (Å²) in [4.78, 5) is 0. The lowest BCUT2D eigenvalue weighted by molar-refractivity contribution is 0.178. The Morgan fingerprint density at radius 1 is 1.39 bits per heavy atom. The molecule has 3 heteroatoms. The summed E-state index contributed by atoms with van der Waals surface area (Å²) in [6.45, 7) is 5.03. The van der Waals surface area contributed by atoms with Gasteiger partial charge in [-0.3, -0.25) is 0 Å². The molecule has 1 aromatic carbocycles. The van der Waals surface area contributed by atoms with Crippen LogP contribution in [-0.4, -0.2) is 25.8 Å². The van der Waals surface area contributed by atoms with Crippen LogP contribution in [0.3, 0.4) is 0 Å². The van der Waals surface area contributed by atoms with E-state index in [0.29, 0.717) is 12.0 Å². The third-order valence-corrected chi connectivity index (χ3v) is 3.82. The lowest BCUT2D eigenvalue weighted by Crippen LogP contribution is -2.35. The lowest BCUT2D eigenvalue weighted by atomic mass is 10.00. The Labute approximate surface area is 110 Å². The number of ether oxygens (including phenoxy) is 1. The predicted octanol–water partition coefficient (Wildman–Crippen LogP) is 2.09. The summed E-state index contributed by atoms with van der Waals surface area (Å²) in [5.74, 6) is 0.665. The highest BCUT2D eigenvalue weighted by Crippen LogP contribution is 2.17. The number of hydrogen-bond donors (Lipinski definition) is 2. The molecule has 3 nitrogen and oxygen atoms in total. The molecule has 1 aliphatic rings. The molecule has 2 rings (SSSR count). The molecule has 0 radical (unpaired) electrons. The van der Waals surface area contributed by atoms with E-state index in [-0.39, 0.29) is 6.04 Å². The normalized spacial score (nSPS) is 22.9. The van der Waals surface area contributed by atoms with Crippen molar-refractivity contribution in [2.24, 2.45) is 11.7 Å². The Hall–Kier alpha value is -0.900. The van der Waals surface area contributed by atoms with Crippen LogP contribution < -0.4 is 11.1 Å². The maximum absolute atomic E-state index is 6.17. The Morgan fingerprint density at radius 2 is 2.17 bits per heavy atom. The standard InChI is InChI=1S/C15H24N2O/c1-12(14-8-10-18-11-14)17-9-7-15(16)13-5-3-2-4-6-13/h2-6,12,14-15,17H,7-11,16H2,1H3. The minimum Gasteiger partial charge on any atom is -0.381 e. The van der Waals surface area contributed by atoms with Gasteiger partial charge in [-0.15, -0.1) is 0 Å². The first kappa shape index (κ1) is 13.5. The Kier molecular flexibility index (Phi) is 5.17. The highest BCUT2D eigenvalue weighted by Gasteiger charge is 2.21. The van der Waals surface area contributed by atoms with E-state index in [1.165, 1.54) is 12.0 Å². The maximum Gasteiger partial charge on any atom is 0.0509 e. The average Bonchev–Trinajstić information content (AvgIpc) is 2.93. The monoisotopic (exact) mass is 248 g/mol. The topological polar surface area (TPSA) is 47.3 Å². The van der Waals surface area contributed by atoms with E-state index in [1.807, 2.05) is 18.2 Å². The van der Waals surface area contributed by atoms with E-state index in [4.69, 9.17) is 10.5 Å². The molecule has 3 N–H and O–H groups in total. The fourth-order valence-corrected chi connectivity index (χ4v) is 2.45. The van der Waals surface area contributed by atoms with Gasteiger partial charge in [0, 0.05) is 18.7 Å². The second-order valence-corrected chi connectivity index (χ2v) is 5.17. The Bertz CT molecular complexity index is 336. The average molecular weight is 248 g/mol. The van der Waals surface area contributed by atoms with Crippen LogP contribution in [0, 0.1) is 5.92 Å². The molecule has 18 heavy (non-hydrogen) atoms. The molecule has 0 bridgehead atoms. The molecule has 0 spiro atoms. The van der Waals surface area contributed by atoms with Gasteiger partial charge in [-0.1, -0.05) is 30.3 Å². The molecule has 0 aromatic heterocycles. The smallest absolute Gasteiger partial charge is 0.0509 e. The van der Waals surface area contributed by atoms with E-state index in [0.717, 1.165) is 26.2 Å². The van der Waals surface area contributed by atoms with Crippen molar-refractivity contribution in [1.29, 1.82) is 0 Å². The van der Waals surface area contributed by atoms with Crippen molar-refractivity contribution in [3.05, 3.63) is 35.9 Å². The molecule has 1 aromatic rings. The van der Waals surface area contributed by atoms with Crippen molar-refractivity contribution in [3.8, 4) is 0 Å². The maximum atomic E-state index is 6.17. The van der Waals surface area contributed by atoms with Gasteiger partial charge in [0.15, 0.2) is 0 Å². The second kappa shape index (κ2) is 6.88. The largest absolute Gasteiger partial charge is 0.381 e. The molecule has 1 saturated heterocycles. The summed E-state index contributed by atoms with van der Waals surface area (Å²) >= 11 is 0. The number of benzene rings is 1. The molecular weight excluding hydrogens is 224 g/mol. The molecule has 100 valence electrons. The molecule has 1 heterocycles. The van der Waals surface area contributed by atoms with Crippen LogP contribution in [0.4, 0.5) is 0 Å². The quantitative estimate of drug-likeness (QED) is 0.810. The summed E-state index contributed by atoms with van der Waals surface area (Å²) in [5.41, 5.74) is 7.39. The summed E-state index contributed by atoms with van der Waals surface area (Å²) in [5, 5.41) is 3.57. The summed E-state index contributed by atoms with van der Waals surface area (Å²) in [7, 11) is 0. The first-order valence-corrected chi connectivity index (χ1v) is 6.89. The molecule has 1 aliphatic heterocycles. The van der Waals surface area contributed by atoms with E-state index in [1.54, 1.807) is 0 Å². The number of rotatable bonds is 6. The van der Waals surface area contributed by atoms with Gasteiger partial charge in [0.2, 0.25) is 0 Å². The van der Waals surface area contributed by atoms with Crippen LogP contribution in [0.25, 0.3) is 0 Å². The molecule has 0 amide bonds. The number of nitrogens with one attached hydrogen (secondary N) is 1. The third kappa shape index (κ3) is 3.80. The number of hydrogen-bond acceptors (Lipinski definition) is 3. The molecule has 3 unspecified atom stereocenters. The van der Waals surface area contributed by atoms with Gasteiger partial charge in [0.05, 0.1) is 6.61 Å². The van der Waals surface area contributed by atoms with Crippen LogP contribution in [0.15, 0.2) is 30.3 Å². The zero-order chi connectivity index (χ0) is 12.8. The lowest BCUT2D eigenvalue weighted by Gasteiger charge is -2.20. The van der Waals surface area contributed by atoms with E-state index < -0.39 is 0 Å². The van der Waals surface area contributed by atoms with Crippen LogP contribution in [0.2, 0.25) is 0 Å². The van der Waals surface area contributed by atoms with Gasteiger partial charge >= 0.3 is 0 Å². The van der Waals surface area contributed by atoms with Crippen molar-refractivity contribution in [2.45, 2.75) is 31.8 Å². The third-order valence-electron chi connectivity index (χ3n) is 3.82. The van der Waals surface area contributed by atoms with Crippen LogP contribution in [0.5, 0.6) is 0 Å². The minimum absolute atomic E-state index is 0.130. The Morgan fingerprint density at radius 3 is 2.83 bits per heavy atom. The van der Waals surface area contributed by atoms with Crippen LogP contribution in [0.1, 0.15) is 31.4 Å². The van der Waals surface area contributed by atoms with E-state index in [9.17, 15) is 0 Å². The zero-order valence-electron chi connectivity index (χ0n) is 11.1. The van der Waals surface area contributed by atoms with E-state index in [2.05, 4.69) is 24.4 Å². The molecule has 0 aliphatic carbocycles. The fraction of sp³-hybridized carbons (Fsp3) is 0.600. The van der Waals surface area contributed by atoms with E-state index >= 15 is 0 Å². The molecule has 1 fully saturated rings. The van der Waals surface area contributed by atoms with Crippen molar-refractivity contribution >= 4 is 0 Å². The van der Waals surface area contributed by atoms with Crippen molar-refractivity contribution in [3.63, 3.8) is 0 Å². The minimum atomic E-state index is 0.130. The second-order valence-electron chi connectivity index (χ2n) is 5.17. The van der Waals surface area contributed by atoms with Crippen LogP contribution >= 0.6 is 0 Å². The van der Waals surface area contributed by atoms with Crippen LogP contribution in [-0.2, 0) is 4.74 Å². The highest BCUT2D eigenvalue weighted by molar-refractivity contribution is 5.18. The SMILES string of the molecule is CC(NCCC(N)c1ccccc1)C1CCOC1. The van der Waals surface area contributed by atoms with Gasteiger partial charge in [0.1, 0.15) is 0 Å². The summed E-state index contributed by atoms with van der Waals surface area (Å²) < 4.78 is 5.41. The summed E-state index contributed by atoms with van der Waals surface area (Å²) in [6, 6.07) is 11.0. The first-order chi connectivity index (χ1) is 8.77. The molecule has 0 saturated carbocycles. The zero-order valence-corrected chi connectivity index (χ0v) is 11.1. The van der Waals surface area contributed by atoms with Crippen molar-refractivity contribution < 1.29 is 4.74 Å². The predicted molar refractivity (Wildman–Crippen MR) is 74.4 cm³/mol. The molecule has 3 atom stereocenters. The summed E-state index contributed by atoms with van der Waals surface area (Å²) in [6.07, 6.45) is 2.15. The highest BCUT2D eigenvalue weighted by atomic mass is 16.5. The van der Waals surface area contributed by atoms with Crippen molar-refractivity contribution in [1.82, 2.24) is 5.32 Å². The molecular formula is C15H24N2O. The van der Waals surface area contributed by atoms with Gasteiger partial charge < -0.3 is 15.8 Å². The van der Waals surface area contributed by atoms with Gasteiger partial charge in [-0.25, -0.2) is 0 Å². The van der Waals surface area contributed by atoms with Crippen molar-refractivity contribution in [2.75, 3.05) is 19.8 Å². The Balaban J connectivity index is 1.68. The number of nitrogens with two attached hydrogens (primary N) is 1. The first-order valence-electron chi connectivity index (χ1n) is 6.89.